The van der Waals surface area contributed by atoms with Gasteiger partial charge in [-0.3, -0.25) is 0 Å². The Hall–Kier alpha value is -7.62. The highest BCUT2D eigenvalue weighted by molar-refractivity contribution is 6.12. The van der Waals surface area contributed by atoms with E-state index in [1.807, 2.05) is 24.3 Å². The summed E-state index contributed by atoms with van der Waals surface area (Å²) in [6.45, 7) is 0. The van der Waals surface area contributed by atoms with Gasteiger partial charge in [0.2, 0.25) is 0 Å². The molecule has 57 heavy (non-hydrogen) atoms. The van der Waals surface area contributed by atoms with E-state index in [9.17, 15) is 0 Å². The van der Waals surface area contributed by atoms with Gasteiger partial charge in [0.1, 0.15) is 22.3 Å². The number of hydrogen-bond acceptors (Lipinski definition) is 3. The normalized spacial score (nSPS) is 11.5. The number of hydrogen-bond donors (Lipinski definition) is 0. The molecular weight excluding hydrogens is 695 g/mol. The molecule has 0 N–H and O–H groups in total. The van der Waals surface area contributed by atoms with E-state index in [2.05, 4.69) is 193 Å². The molecule has 9 aromatic carbocycles. The van der Waals surface area contributed by atoms with E-state index in [0.717, 1.165) is 83.2 Å². The van der Waals surface area contributed by atoms with Gasteiger partial charge in [0.25, 0.3) is 0 Å². The fourth-order valence-corrected chi connectivity index (χ4v) is 8.52. The zero-order chi connectivity index (χ0) is 37.7. The van der Waals surface area contributed by atoms with Crippen LogP contribution in [0.15, 0.2) is 221 Å². The van der Waals surface area contributed by atoms with Crippen LogP contribution in [-0.2, 0) is 0 Å². The van der Waals surface area contributed by atoms with Crippen LogP contribution in [0.1, 0.15) is 0 Å². The van der Waals surface area contributed by atoms with E-state index in [1.54, 1.807) is 0 Å². The Labute approximate surface area is 330 Å². The maximum absolute atomic E-state index is 6.30. The van der Waals surface area contributed by atoms with Crippen LogP contribution in [0.25, 0.3) is 88.4 Å². The highest BCUT2D eigenvalue weighted by Gasteiger charge is 2.22. The second-order valence-corrected chi connectivity index (χ2v) is 14.4. The molecule has 0 spiro atoms. The van der Waals surface area contributed by atoms with Crippen LogP contribution >= 0.6 is 0 Å². The van der Waals surface area contributed by atoms with Gasteiger partial charge < -0.3 is 13.7 Å². The zero-order valence-electron chi connectivity index (χ0n) is 31.0. The molecule has 0 atom stereocenters. The van der Waals surface area contributed by atoms with Crippen molar-refractivity contribution in [3.8, 4) is 44.5 Å². The number of benzene rings is 9. The molecule has 0 fully saturated rings. The Morgan fingerprint density at radius 2 is 0.772 bits per heavy atom. The Balaban J connectivity index is 1.11. The van der Waals surface area contributed by atoms with Crippen molar-refractivity contribution in [3.63, 3.8) is 0 Å². The van der Waals surface area contributed by atoms with Crippen molar-refractivity contribution < 1.29 is 8.83 Å². The van der Waals surface area contributed by atoms with Crippen LogP contribution in [0.4, 0.5) is 17.1 Å². The molecule has 11 rings (SSSR count). The molecule has 0 saturated carbocycles. The molecule has 0 bridgehead atoms. The number of furan rings is 2. The number of fused-ring (bicyclic) bond motifs is 6. The molecular formula is C54H35NO2. The molecule has 0 aliphatic rings. The van der Waals surface area contributed by atoms with E-state index in [-0.39, 0.29) is 0 Å². The Kier molecular flexibility index (Phi) is 7.82. The summed E-state index contributed by atoms with van der Waals surface area (Å²) in [5.41, 5.74) is 16.0. The summed E-state index contributed by atoms with van der Waals surface area (Å²) in [6, 6.07) is 75.3. The summed E-state index contributed by atoms with van der Waals surface area (Å²) in [6.07, 6.45) is 0. The summed E-state index contributed by atoms with van der Waals surface area (Å²) in [4.78, 5) is 2.38. The standard InChI is InChI=1S/C54H35NO2/c1-2-15-36(16-3-1)40-17-4-5-18-42(40)43-19-6-7-20-44(43)45-21-8-11-25-49(45)55(39-33-34-52-48(35-39)46-22-9-12-26-50(46)56-52)38-31-29-37(30-32-38)41-24-14-28-53-54(41)47-23-10-13-27-51(47)57-53/h1-35H. The summed E-state index contributed by atoms with van der Waals surface area (Å²) < 4.78 is 12.6. The lowest BCUT2D eigenvalue weighted by molar-refractivity contribution is 0.668. The third-order valence-corrected chi connectivity index (χ3v) is 11.1. The molecule has 0 amide bonds. The zero-order valence-corrected chi connectivity index (χ0v) is 31.0. The van der Waals surface area contributed by atoms with E-state index in [4.69, 9.17) is 8.83 Å². The van der Waals surface area contributed by atoms with Crippen LogP contribution in [0, 0.1) is 0 Å². The summed E-state index contributed by atoms with van der Waals surface area (Å²) in [5.74, 6) is 0. The molecule has 0 saturated heterocycles. The van der Waals surface area contributed by atoms with Gasteiger partial charge in [-0.25, -0.2) is 0 Å². The van der Waals surface area contributed by atoms with Crippen molar-refractivity contribution in [1.29, 1.82) is 0 Å². The van der Waals surface area contributed by atoms with Gasteiger partial charge in [0.05, 0.1) is 5.69 Å². The second kappa shape index (κ2) is 13.6. The SMILES string of the molecule is c1ccc(-c2ccccc2-c2ccccc2-c2ccccc2N(c2ccc(-c3cccc4oc5ccccc5c34)cc2)c2ccc3oc4ccccc4c3c2)cc1. The monoisotopic (exact) mass is 729 g/mol. The van der Waals surface area contributed by atoms with Crippen LogP contribution in [0.2, 0.25) is 0 Å². The number of anilines is 3. The largest absolute Gasteiger partial charge is 0.456 e. The molecule has 2 heterocycles. The van der Waals surface area contributed by atoms with E-state index >= 15 is 0 Å². The Bertz CT molecular complexity index is 3240. The van der Waals surface area contributed by atoms with E-state index in [0.29, 0.717) is 0 Å². The maximum Gasteiger partial charge on any atom is 0.136 e. The van der Waals surface area contributed by atoms with Crippen molar-refractivity contribution in [2.45, 2.75) is 0 Å². The molecule has 3 heteroatoms. The predicted molar refractivity (Wildman–Crippen MR) is 237 cm³/mol. The second-order valence-electron chi connectivity index (χ2n) is 14.4. The van der Waals surface area contributed by atoms with Gasteiger partial charge in [-0.1, -0.05) is 158 Å². The minimum absolute atomic E-state index is 0.867. The smallest absolute Gasteiger partial charge is 0.136 e. The van der Waals surface area contributed by atoms with Gasteiger partial charge in [-0.15, -0.1) is 0 Å². The minimum Gasteiger partial charge on any atom is -0.456 e. The van der Waals surface area contributed by atoms with Crippen LogP contribution in [0.5, 0.6) is 0 Å². The first-order valence-electron chi connectivity index (χ1n) is 19.3. The topological polar surface area (TPSA) is 29.5 Å². The van der Waals surface area contributed by atoms with Crippen molar-refractivity contribution in [2.24, 2.45) is 0 Å². The molecule has 3 nitrogen and oxygen atoms in total. The van der Waals surface area contributed by atoms with Crippen LogP contribution in [0.3, 0.4) is 0 Å². The fourth-order valence-electron chi connectivity index (χ4n) is 8.52. The van der Waals surface area contributed by atoms with Crippen LogP contribution < -0.4 is 4.90 Å². The van der Waals surface area contributed by atoms with Crippen molar-refractivity contribution >= 4 is 60.9 Å². The highest BCUT2D eigenvalue weighted by atomic mass is 16.3. The molecule has 268 valence electrons. The van der Waals surface area contributed by atoms with Gasteiger partial charge in [-0.2, -0.15) is 0 Å². The van der Waals surface area contributed by atoms with E-state index < -0.39 is 0 Å². The molecule has 2 aromatic heterocycles. The first kappa shape index (κ1) is 32.8. The summed E-state index contributed by atoms with van der Waals surface area (Å²) >= 11 is 0. The van der Waals surface area contributed by atoms with E-state index in [1.165, 1.54) is 22.3 Å². The lowest BCUT2D eigenvalue weighted by Crippen LogP contribution is -2.11. The summed E-state index contributed by atoms with van der Waals surface area (Å²) in [5, 5.41) is 4.43. The van der Waals surface area contributed by atoms with Gasteiger partial charge in [-0.05, 0) is 93.5 Å². The summed E-state index contributed by atoms with van der Waals surface area (Å²) in [7, 11) is 0. The van der Waals surface area contributed by atoms with Gasteiger partial charge >= 0.3 is 0 Å². The minimum atomic E-state index is 0.867. The fraction of sp³-hybridized carbons (Fsp3) is 0. The predicted octanol–water partition coefficient (Wildman–Crippen LogP) is 15.6. The van der Waals surface area contributed by atoms with Gasteiger partial charge in [0, 0.05) is 38.5 Å². The third kappa shape index (κ3) is 5.60. The van der Waals surface area contributed by atoms with Crippen molar-refractivity contribution in [2.75, 3.05) is 4.90 Å². The highest BCUT2D eigenvalue weighted by Crippen LogP contribution is 2.47. The molecule has 0 aliphatic carbocycles. The number of nitrogens with zero attached hydrogens (tertiary/aromatic N) is 1. The maximum atomic E-state index is 6.30. The van der Waals surface area contributed by atoms with Crippen molar-refractivity contribution in [1.82, 2.24) is 0 Å². The Morgan fingerprint density at radius 3 is 1.54 bits per heavy atom. The number of rotatable bonds is 7. The first-order valence-corrected chi connectivity index (χ1v) is 19.3. The Morgan fingerprint density at radius 1 is 0.281 bits per heavy atom. The molecule has 11 aromatic rings. The average Bonchev–Trinajstić information content (AvgIpc) is 3.86. The van der Waals surface area contributed by atoms with Crippen LogP contribution in [-0.4, -0.2) is 0 Å². The lowest BCUT2D eigenvalue weighted by atomic mass is 9.88. The first-order chi connectivity index (χ1) is 28.3. The average molecular weight is 730 g/mol. The number of para-hydroxylation sites is 3. The molecule has 0 unspecified atom stereocenters. The lowest BCUT2D eigenvalue weighted by Gasteiger charge is -2.29. The van der Waals surface area contributed by atoms with Crippen molar-refractivity contribution in [3.05, 3.63) is 212 Å². The quantitative estimate of drug-likeness (QED) is 0.164. The molecule has 0 radical (unpaired) electrons. The van der Waals surface area contributed by atoms with Gasteiger partial charge in [0.15, 0.2) is 0 Å². The molecule has 0 aliphatic heterocycles. The third-order valence-electron chi connectivity index (χ3n) is 11.1.